The van der Waals surface area contributed by atoms with Crippen LogP contribution in [0.15, 0.2) is 132 Å². The van der Waals surface area contributed by atoms with Crippen LogP contribution in [0.5, 0.6) is 23.0 Å². The highest BCUT2D eigenvalue weighted by Gasteiger charge is 2.50. The second-order valence-corrected chi connectivity index (χ2v) is 21.9. The molecule has 3 N–H and O–H groups in total. The number of carbonyl (C=O) groups is 5. The van der Waals surface area contributed by atoms with Gasteiger partial charge < -0.3 is 34.3 Å². The number of thiazole rings is 2. The maximum Gasteiger partial charge on any atom is 0.301 e. The molecule has 4 unspecified atom stereocenters. The summed E-state index contributed by atoms with van der Waals surface area (Å²) in [5.74, 6) is -1.55. The maximum atomic E-state index is 13.5. The molecule has 0 saturated carbocycles. The standard InChI is InChI=1S/2C29H23ClN2O5S.C2H4O2/c2*1-3-36-20-8-9-21-23(14-20)38-29(31-21)32-25(16-5-4-6-19(30)13-16)24(27(34)28(32)35)26(33)17-7-10-22-18(12-17)11-15(2)37-22;1-2(3)4/h2*4-10,12-15,25,33H,3,11H2,1-2H3;1H3,(H,3,4)/b2*26-24+;. The van der Waals surface area contributed by atoms with E-state index >= 15 is 0 Å². The number of ketones is 2. The molecule has 4 aliphatic heterocycles. The van der Waals surface area contributed by atoms with Crippen molar-refractivity contribution in [3.63, 3.8) is 0 Å². The highest BCUT2D eigenvalue weighted by Crippen LogP contribution is 2.48. The molecule has 6 heterocycles. The Bertz CT molecular complexity index is 3640. The van der Waals surface area contributed by atoms with E-state index < -0.39 is 41.4 Å². The zero-order valence-electron chi connectivity index (χ0n) is 43.6. The highest BCUT2D eigenvalue weighted by molar-refractivity contribution is 7.23. The van der Waals surface area contributed by atoms with Gasteiger partial charge in [-0.3, -0.25) is 33.8 Å². The average Bonchev–Trinajstić information content (AvgIpc) is 4.47. The Kier molecular flexibility index (Phi) is 15.7. The van der Waals surface area contributed by atoms with Gasteiger partial charge in [-0.2, -0.15) is 0 Å². The third-order valence-corrected chi connectivity index (χ3v) is 15.8. The quantitative estimate of drug-likeness (QED) is 0.0660. The molecule has 408 valence electrons. The molecule has 4 atom stereocenters. The second-order valence-electron chi connectivity index (χ2n) is 19.0. The van der Waals surface area contributed by atoms with Crippen molar-refractivity contribution in [3.8, 4) is 23.0 Å². The summed E-state index contributed by atoms with van der Waals surface area (Å²) in [6.45, 7) is 9.88. The lowest BCUT2D eigenvalue weighted by molar-refractivity contribution is -0.134. The molecule has 2 amide bonds. The van der Waals surface area contributed by atoms with Crippen LogP contribution >= 0.6 is 45.9 Å². The molecule has 2 saturated heterocycles. The number of ether oxygens (including phenoxy) is 4. The zero-order valence-corrected chi connectivity index (χ0v) is 46.7. The maximum absolute atomic E-state index is 13.5. The van der Waals surface area contributed by atoms with Gasteiger partial charge in [0.15, 0.2) is 10.3 Å². The molecule has 2 aromatic heterocycles. The first kappa shape index (κ1) is 55.0. The highest BCUT2D eigenvalue weighted by atomic mass is 35.5. The number of aliphatic hydroxyl groups is 2. The number of nitrogens with zero attached hydrogens (tertiary/aromatic N) is 4. The number of carboxylic acids is 1. The van der Waals surface area contributed by atoms with E-state index in [1.165, 1.54) is 32.5 Å². The Morgan fingerprint density at radius 1 is 0.600 bits per heavy atom. The molecular formula is C60H50Cl2N4O12S2. The molecule has 0 aliphatic carbocycles. The lowest BCUT2D eigenvalue weighted by Gasteiger charge is -2.23. The number of fused-ring (bicyclic) bond motifs is 4. The van der Waals surface area contributed by atoms with Crippen molar-refractivity contribution in [1.82, 2.24) is 9.97 Å². The first-order valence-corrected chi connectivity index (χ1v) is 27.8. The summed E-state index contributed by atoms with van der Waals surface area (Å²) in [7, 11) is 0. The summed E-state index contributed by atoms with van der Waals surface area (Å²) in [6, 6.07) is 33.6. The van der Waals surface area contributed by atoms with E-state index in [0.29, 0.717) is 91.2 Å². The number of Topliss-reactive ketones (excluding diaryl/α,β-unsaturated/α-hetero) is 2. The van der Waals surface area contributed by atoms with Crippen LogP contribution in [-0.2, 0) is 36.8 Å². The Labute approximate surface area is 476 Å². The van der Waals surface area contributed by atoms with Gasteiger partial charge in [-0.05, 0) is 147 Å². The average molecular weight is 1150 g/mol. The lowest BCUT2D eigenvalue weighted by Crippen LogP contribution is -2.29. The summed E-state index contributed by atoms with van der Waals surface area (Å²) in [4.78, 5) is 75.1. The molecule has 4 aliphatic rings. The molecule has 16 nitrogen and oxygen atoms in total. The van der Waals surface area contributed by atoms with Crippen LogP contribution in [0.2, 0.25) is 10.0 Å². The summed E-state index contributed by atoms with van der Waals surface area (Å²) in [5.41, 5.74) is 5.25. The number of aliphatic hydroxyl groups excluding tert-OH is 2. The molecule has 0 spiro atoms. The van der Waals surface area contributed by atoms with E-state index in [-0.39, 0.29) is 34.9 Å². The van der Waals surface area contributed by atoms with E-state index in [9.17, 15) is 29.4 Å². The fourth-order valence-electron chi connectivity index (χ4n) is 10.00. The summed E-state index contributed by atoms with van der Waals surface area (Å²) in [5, 5.41) is 32.0. The number of anilines is 2. The number of halogens is 2. The molecule has 8 aromatic rings. The molecular weight excluding hydrogens is 1100 g/mol. The second kappa shape index (κ2) is 22.8. The number of amides is 2. The van der Waals surface area contributed by atoms with Crippen molar-refractivity contribution in [1.29, 1.82) is 0 Å². The van der Waals surface area contributed by atoms with Crippen molar-refractivity contribution in [2.45, 2.75) is 71.8 Å². The minimum Gasteiger partial charge on any atom is -0.507 e. The van der Waals surface area contributed by atoms with Crippen LogP contribution in [0.1, 0.15) is 80.1 Å². The van der Waals surface area contributed by atoms with Gasteiger partial charge in [0, 0.05) is 40.9 Å². The van der Waals surface area contributed by atoms with Gasteiger partial charge in [0.05, 0.1) is 56.9 Å². The number of benzene rings is 6. The number of hydrogen-bond acceptors (Lipinski definition) is 15. The van der Waals surface area contributed by atoms with Crippen LogP contribution in [0.3, 0.4) is 0 Å². The normalized spacial score (nSPS) is 19.4. The molecule has 0 radical (unpaired) electrons. The van der Waals surface area contributed by atoms with Crippen molar-refractivity contribution < 1.29 is 58.2 Å². The first-order chi connectivity index (χ1) is 38.4. The van der Waals surface area contributed by atoms with Gasteiger partial charge in [-0.25, -0.2) is 9.97 Å². The van der Waals surface area contributed by atoms with Gasteiger partial charge in [0.2, 0.25) is 0 Å². The number of aromatic nitrogens is 2. The van der Waals surface area contributed by atoms with E-state index in [2.05, 4.69) is 9.97 Å². The number of hydrogen-bond donors (Lipinski definition) is 3. The Morgan fingerprint density at radius 2 is 1.00 bits per heavy atom. The molecule has 6 aromatic carbocycles. The third kappa shape index (κ3) is 10.9. The number of aliphatic carboxylic acids is 1. The predicted molar refractivity (Wildman–Crippen MR) is 308 cm³/mol. The fraction of sp³-hybridized carbons (Fsp3) is 0.217. The molecule has 80 heavy (non-hydrogen) atoms. The van der Waals surface area contributed by atoms with Crippen molar-refractivity contribution >= 4 is 117 Å². The minimum atomic E-state index is -0.913. The van der Waals surface area contributed by atoms with Crippen LogP contribution in [-0.4, -0.2) is 80.1 Å². The number of rotatable bonds is 10. The topological polar surface area (TPSA) is 215 Å². The molecule has 12 rings (SSSR count). The number of carbonyl (C=O) groups excluding carboxylic acids is 4. The summed E-state index contributed by atoms with van der Waals surface area (Å²) < 4.78 is 24.4. The molecule has 2 fully saturated rings. The van der Waals surface area contributed by atoms with Crippen molar-refractivity contribution in [2.75, 3.05) is 23.0 Å². The Balaban J connectivity index is 0.000000169. The van der Waals surface area contributed by atoms with Crippen LogP contribution < -0.4 is 28.7 Å². The lowest BCUT2D eigenvalue weighted by atomic mass is 9.94. The van der Waals surface area contributed by atoms with Crippen LogP contribution in [0, 0.1) is 0 Å². The molecule has 20 heteroatoms. The van der Waals surface area contributed by atoms with E-state index in [0.717, 1.165) is 38.9 Å². The summed E-state index contributed by atoms with van der Waals surface area (Å²) in [6.07, 6.45) is 1.44. The fourth-order valence-corrected chi connectivity index (χ4v) is 12.4. The van der Waals surface area contributed by atoms with Gasteiger partial charge in [-0.15, -0.1) is 0 Å². The van der Waals surface area contributed by atoms with E-state index in [4.69, 9.17) is 52.1 Å². The van der Waals surface area contributed by atoms with E-state index in [1.807, 2.05) is 76.2 Å². The smallest absolute Gasteiger partial charge is 0.301 e. The van der Waals surface area contributed by atoms with Crippen molar-refractivity contribution in [2.24, 2.45) is 0 Å². The van der Waals surface area contributed by atoms with E-state index in [1.54, 1.807) is 72.8 Å². The largest absolute Gasteiger partial charge is 0.507 e. The first-order valence-electron chi connectivity index (χ1n) is 25.4. The Morgan fingerprint density at radius 3 is 1.38 bits per heavy atom. The van der Waals surface area contributed by atoms with Crippen molar-refractivity contribution in [3.05, 3.63) is 176 Å². The van der Waals surface area contributed by atoms with Crippen LogP contribution in [0.25, 0.3) is 32.0 Å². The predicted octanol–water partition coefficient (Wildman–Crippen LogP) is 12.7. The van der Waals surface area contributed by atoms with Gasteiger partial charge >= 0.3 is 11.8 Å². The van der Waals surface area contributed by atoms with Crippen LogP contribution in [0.4, 0.5) is 10.3 Å². The van der Waals surface area contributed by atoms with Gasteiger partial charge in [0.25, 0.3) is 17.5 Å². The SMILES string of the molecule is CC(=O)O.CCOc1ccc2nc(N3C(=O)C(=O)/C(=C(/O)c4ccc5c(c4)CC(C)O5)C3c3cccc(Cl)c3)sc2c1.CCOc1ccc2nc(N3C(=O)C(=O)/C(=C(/O)c4ccc5c(c4)CC(C)O5)C3c3cccc(Cl)c3)sc2c1. The zero-order chi connectivity index (χ0) is 56.7. The Hall–Kier alpha value is -8.29. The van der Waals surface area contributed by atoms with Gasteiger partial charge in [-0.1, -0.05) is 70.1 Å². The van der Waals surface area contributed by atoms with Gasteiger partial charge in [0.1, 0.15) is 46.7 Å². The summed E-state index contributed by atoms with van der Waals surface area (Å²) >= 11 is 15.2. The monoisotopic (exact) mass is 1150 g/mol. The molecule has 0 bridgehead atoms. The third-order valence-electron chi connectivity index (χ3n) is 13.3. The number of carboxylic acid groups (broad SMARTS) is 1. The minimum absolute atomic E-state index is 0.0153.